The molecular weight excluding hydrogens is 232 g/mol. The minimum absolute atomic E-state index is 0.0183. The third-order valence-electron chi connectivity index (χ3n) is 2.89. The Morgan fingerprint density at radius 3 is 2.82 bits per heavy atom. The van der Waals surface area contributed by atoms with Crippen molar-refractivity contribution in [3.63, 3.8) is 0 Å². The Morgan fingerprint density at radius 1 is 1.35 bits per heavy atom. The maximum Gasteiger partial charge on any atom is 0.310 e. The molecule has 0 heterocycles. The van der Waals surface area contributed by atoms with Crippen molar-refractivity contribution in [3.05, 3.63) is 42.5 Å². The molecule has 0 N–H and O–H groups in total. The van der Waals surface area contributed by atoms with E-state index in [2.05, 4.69) is 24.3 Å². The zero-order valence-corrected chi connectivity index (χ0v) is 10.7. The first kappa shape index (κ1) is 12.2. The van der Waals surface area contributed by atoms with Crippen LogP contribution in [0.25, 0.3) is 0 Å². The summed E-state index contributed by atoms with van der Waals surface area (Å²) in [6.45, 7) is 0. The van der Waals surface area contributed by atoms with Gasteiger partial charge in [-0.3, -0.25) is 4.79 Å². The number of allylic oxidation sites excluding steroid dienone is 1. The van der Waals surface area contributed by atoms with Crippen LogP contribution < -0.4 is 0 Å². The Bertz CT molecular complexity index is 400. The van der Waals surface area contributed by atoms with Gasteiger partial charge in [0.15, 0.2) is 0 Å². The smallest absolute Gasteiger partial charge is 0.310 e. The van der Waals surface area contributed by atoms with Gasteiger partial charge < -0.3 is 4.74 Å². The number of carbonyl (C=O) groups is 1. The maximum atomic E-state index is 11.7. The van der Waals surface area contributed by atoms with Crippen molar-refractivity contribution < 1.29 is 9.53 Å². The van der Waals surface area contributed by atoms with Crippen molar-refractivity contribution in [3.8, 4) is 0 Å². The fourth-order valence-electron chi connectivity index (χ4n) is 1.99. The summed E-state index contributed by atoms with van der Waals surface area (Å²) in [6, 6.07) is 10.2. The van der Waals surface area contributed by atoms with E-state index in [1.54, 1.807) is 11.8 Å². The van der Waals surface area contributed by atoms with Crippen LogP contribution in [0.4, 0.5) is 0 Å². The van der Waals surface area contributed by atoms with Crippen LogP contribution in [0.1, 0.15) is 12.8 Å². The second-order valence-corrected chi connectivity index (χ2v) is 5.28. The Hall–Kier alpha value is -1.22. The zero-order chi connectivity index (χ0) is 12.1. The lowest BCUT2D eigenvalue weighted by molar-refractivity contribution is -0.145. The van der Waals surface area contributed by atoms with Crippen LogP contribution in [0.3, 0.4) is 0 Å². The Morgan fingerprint density at radius 2 is 2.12 bits per heavy atom. The van der Waals surface area contributed by atoms with Crippen molar-refractivity contribution in [2.45, 2.75) is 23.0 Å². The van der Waals surface area contributed by atoms with E-state index in [4.69, 9.17) is 4.74 Å². The van der Waals surface area contributed by atoms with Gasteiger partial charge in [0, 0.05) is 10.1 Å². The summed E-state index contributed by atoms with van der Waals surface area (Å²) < 4.78 is 4.87. The highest BCUT2D eigenvalue weighted by Crippen LogP contribution is 2.34. The third kappa shape index (κ3) is 3.13. The molecule has 2 rings (SSSR count). The van der Waals surface area contributed by atoms with E-state index in [0.717, 1.165) is 12.8 Å². The first-order chi connectivity index (χ1) is 8.31. The van der Waals surface area contributed by atoms with Crippen LogP contribution >= 0.6 is 11.8 Å². The lowest BCUT2D eigenvalue weighted by atomic mass is 9.94. The van der Waals surface area contributed by atoms with E-state index < -0.39 is 0 Å². The van der Waals surface area contributed by atoms with E-state index in [1.165, 1.54) is 12.0 Å². The lowest BCUT2D eigenvalue weighted by Gasteiger charge is -2.24. The predicted octanol–water partition coefficient (Wildman–Crippen LogP) is 3.29. The van der Waals surface area contributed by atoms with Gasteiger partial charge in [0.1, 0.15) is 0 Å². The van der Waals surface area contributed by atoms with Crippen LogP contribution in [-0.4, -0.2) is 18.3 Å². The summed E-state index contributed by atoms with van der Waals surface area (Å²) in [4.78, 5) is 12.9. The van der Waals surface area contributed by atoms with Crippen molar-refractivity contribution in [1.82, 2.24) is 0 Å². The van der Waals surface area contributed by atoms with Crippen LogP contribution in [0, 0.1) is 5.92 Å². The minimum atomic E-state index is -0.0946. The average molecular weight is 248 g/mol. The van der Waals surface area contributed by atoms with Crippen molar-refractivity contribution in [1.29, 1.82) is 0 Å². The molecule has 0 saturated carbocycles. The summed E-state index contributed by atoms with van der Waals surface area (Å²) >= 11 is 1.73. The van der Waals surface area contributed by atoms with E-state index >= 15 is 0 Å². The SMILES string of the molecule is COC(=O)[C@@H]1CCC=C[C@H]1Sc1ccccc1. The molecule has 1 aliphatic rings. The van der Waals surface area contributed by atoms with Crippen LogP contribution in [0.5, 0.6) is 0 Å². The van der Waals surface area contributed by atoms with E-state index in [9.17, 15) is 4.79 Å². The molecule has 1 aromatic rings. The third-order valence-corrected chi connectivity index (χ3v) is 4.19. The molecule has 0 saturated heterocycles. The second kappa shape index (κ2) is 5.92. The quantitative estimate of drug-likeness (QED) is 0.606. The van der Waals surface area contributed by atoms with Crippen LogP contribution in [0.2, 0.25) is 0 Å². The number of hydrogen-bond donors (Lipinski definition) is 0. The number of benzene rings is 1. The molecule has 0 radical (unpaired) electrons. The molecule has 2 nitrogen and oxygen atoms in total. The molecule has 0 fully saturated rings. The van der Waals surface area contributed by atoms with E-state index in [0.29, 0.717) is 0 Å². The molecule has 0 bridgehead atoms. The van der Waals surface area contributed by atoms with Crippen molar-refractivity contribution >= 4 is 17.7 Å². The lowest BCUT2D eigenvalue weighted by Crippen LogP contribution is -2.27. The van der Waals surface area contributed by atoms with Gasteiger partial charge in [-0.2, -0.15) is 0 Å². The van der Waals surface area contributed by atoms with E-state index in [1.807, 2.05) is 18.2 Å². The number of methoxy groups -OCH3 is 1. The number of ether oxygens (including phenoxy) is 1. The van der Waals surface area contributed by atoms with Crippen molar-refractivity contribution in [2.75, 3.05) is 7.11 Å². The highest BCUT2D eigenvalue weighted by Gasteiger charge is 2.29. The fraction of sp³-hybridized carbons (Fsp3) is 0.357. The maximum absolute atomic E-state index is 11.7. The van der Waals surface area contributed by atoms with Gasteiger partial charge in [-0.1, -0.05) is 30.4 Å². The summed E-state index contributed by atoms with van der Waals surface area (Å²) in [7, 11) is 1.46. The molecule has 3 heteroatoms. The standard InChI is InChI=1S/C14H16O2S/c1-16-14(15)12-9-5-6-10-13(12)17-11-7-3-2-4-8-11/h2-4,6-8,10,12-13H,5,9H2,1H3/t12-,13-/m1/s1. The molecule has 2 atom stereocenters. The number of rotatable bonds is 3. The number of thioether (sulfide) groups is 1. The normalized spacial score (nSPS) is 23.4. The molecule has 1 aromatic carbocycles. The average Bonchev–Trinajstić information content (AvgIpc) is 2.40. The summed E-state index contributed by atoms with van der Waals surface area (Å²) in [5.41, 5.74) is 0. The van der Waals surface area contributed by atoms with Crippen molar-refractivity contribution in [2.24, 2.45) is 5.92 Å². The summed E-state index contributed by atoms with van der Waals surface area (Å²) in [5, 5.41) is 0.193. The molecule has 0 amide bonds. The largest absolute Gasteiger partial charge is 0.469 e. The Balaban J connectivity index is 2.09. The Labute approximate surface area is 106 Å². The van der Waals surface area contributed by atoms with Crippen LogP contribution in [0.15, 0.2) is 47.4 Å². The second-order valence-electron chi connectivity index (χ2n) is 4.03. The first-order valence-electron chi connectivity index (χ1n) is 5.77. The highest BCUT2D eigenvalue weighted by atomic mass is 32.2. The fourth-order valence-corrected chi connectivity index (χ4v) is 3.22. The van der Waals surface area contributed by atoms with E-state index in [-0.39, 0.29) is 17.1 Å². The first-order valence-corrected chi connectivity index (χ1v) is 6.65. The zero-order valence-electron chi connectivity index (χ0n) is 9.84. The van der Waals surface area contributed by atoms with Gasteiger partial charge in [0.05, 0.1) is 13.0 Å². The van der Waals surface area contributed by atoms with Gasteiger partial charge in [-0.15, -0.1) is 11.8 Å². The topological polar surface area (TPSA) is 26.3 Å². The highest BCUT2D eigenvalue weighted by molar-refractivity contribution is 8.00. The summed E-state index contributed by atoms with van der Waals surface area (Å²) in [5.74, 6) is -0.113. The molecular formula is C14H16O2S. The summed E-state index contributed by atoms with van der Waals surface area (Å²) in [6.07, 6.45) is 6.13. The molecule has 0 spiro atoms. The molecule has 90 valence electrons. The van der Waals surface area contributed by atoms with Gasteiger partial charge in [-0.25, -0.2) is 0 Å². The van der Waals surface area contributed by atoms with Crippen LogP contribution in [-0.2, 0) is 9.53 Å². The Kier molecular flexibility index (Phi) is 4.26. The molecule has 0 aliphatic heterocycles. The number of esters is 1. The number of carbonyl (C=O) groups excluding carboxylic acids is 1. The van der Waals surface area contributed by atoms with Gasteiger partial charge in [0.2, 0.25) is 0 Å². The monoisotopic (exact) mass is 248 g/mol. The van der Waals surface area contributed by atoms with Gasteiger partial charge >= 0.3 is 5.97 Å². The molecule has 17 heavy (non-hydrogen) atoms. The number of hydrogen-bond acceptors (Lipinski definition) is 3. The van der Waals surface area contributed by atoms with Gasteiger partial charge in [-0.05, 0) is 25.0 Å². The minimum Gasteiger partial charge on any atom is -0.469 e. The molecule has 1 aliphatic carbocycles. The molecule has 0 unspecified atom stereocenters. The predicted molar refractivity (Wildman–Crippen MR) is 70.0 cm³/mol. The van der Waals surface area contributed by atoms with Gasteiger partial charge in [0.25, 0.3) is 0 Å². The molecule has 0 aromatic heterocycles.